The van der Waals surface area contributed by atoms with Gasteiger partial charge in [-0.05, 0) is 31.5 Å². The third-order valence-electron chi connectivity index (χ3n) is 3.23. The van der Waals surface area contributed by atoms with Crippen LogP contribution < -0.4 is 15.0 Å². The molecule has 0 aliphatic heterocycles. The first-order valence-corrected chi connectivity index (χ1v) is 7.57. The van der Waals surface area contributed by atoms with Gasteiger partial charge in [-0.2, -0.15) is 0 Å². The number of aliphatic hydroxyl groups is 1. The molecule has 21 heavy (non-hydrogen) atoms. The highest BCUT2D eigenvalue weighted by molar-refractivity contribution is 5.59. The van der Waals surface area contributed by atoms with Gasteiger partial charge in [-0.25, -0.2) is 0 Å². The summed E-state index contributed by atoms with van der Waals surface area (Å²) >= 11 is 0. The number of nitrogens with zero attached hydrogens (tertiary/aromatic N) is 1. The van der Waals surface area contributed by atoms with Gasteiger partial charge >= 0.3 is 0 Å². The zero-order valence-corrected chi connectivity index (χ0v) is 13.4. The standard InChI is InChI=1S/C16H28N2O3/c1-4-18(9-10-19)15-7-6-14(12-16(15)21-5-2)13-17-8-11-20-3/h6-7,12,17,19H,4-5,8-11,13H2,1-3H3. The molecule has 5 nitrogen and oxygen atoms in total. The Morgan fingerprint density at radius 3 is 2.71 bits per heavy atom. The van der Waals surface area contributed by atoms with Gasteiger partial charge in [0.1, 0.15) is 5.75 Å². The highest BCUT2D eigenvalue weighted by Gasteiger charge is 2.11. The first-order valence-electron chi connectivity index (χ1n) is 7.57. The molecule has 0 aromatic heterocycles. The SMILES string of the molecule is CCOc1cc(CNCCOC)ccc1N(CC)CCO. The highest BCUT2D eigenvalue weighted by atomic mass is 16.5. The molecule has 0 atom stereocenters. The van der Waals surface area contributed by atoms with Crippen molar-refractivity contribution in [3.05, 3.63) is 23.8 Å². The zero-order chi connectivity index (χ0) is 15.5. The summed E-state index contributed by atoms with van der Waals surface area (Å²) in [4.78, 5) is 2.12. The lowest BCUT2D eigenvalue weighted by atomic mass is 10.1. The van der Waals surface area contributed by atoms with Crippen LogP contribution in [-0.4, -0.2) is 51.7 Å². The normalized spacial score (nSPS) is 10.7. The molecule has 0 saturated carbocycles. The van der Waals surface area contributed by atoms with E-state index in [1.807, 2.05) is 6.92 Å². The summed E-state index contributed by atoms with van der Waals surface area (Å²) in [7, 11) is 1.70. The number of nitrogens with one attached hydrogen (secondary N) is 1. The Kier molecular flexibility index (Phi) is 8.82. The fourth-order valence-corrected chi connectivity index (χ4v) is 2.18. The molecule has 0 unspecified atom stereocenters. The van der Waals surface area contributed by atoms with E-state index in [9.17, 15) is 0 Å². The van der Waals surface area contributed by atoms with Gasteiger partial charge in [0.05, 0.1) is 25.5 Å². The van der Waals surface area contributed by atoms with Crippen molar-refractivity contribution in [1.82, 2.24) is 5.32 Å². The van der Waals surface area contributed by atoms with Crippen molar-refractivity contribution in [3.8, 4) is 5.75 Å². The quantitative estimate of drug-likeness (QED) is 0.608. The summed E-state index contributed by atoms with van der Waals surface area (Å²) in [6.45, 7) is 8.60. The first kappa shape index (κ1) is 17.8. The van der Waals surface area contributed by atoms with Crippen molar-refractivity contribution in [1.29, 1.82) is 0 Å². The molecule has 120 valence electrons. The predicted molar refractivity (Wildman–Crippen MR) is 86.2 cm³/mol. The van der Waals surface area contributed by atoms with E-state index >= 15 is 0 Å². The van der Waals surface area contributed by atoms with E-state index in [2.05, 4.69) is 35.3 Å². The van der Waals surface area contributed by atoms with Gasteiger partial charge < -0.3 is 24.8 Å². The number of rotatable bonds is 11. The second-order valence-corrected chi connectivity index (χ2v) is 4.71. The van der Waals surface area contributed by atoms with Gasteiger partial charge in [-0.15, -0.1) is 0 Å². The minimum atomic E-state index is 0.139. The molecule has 2 N–H and O–H groups in total. The lowest BCUT2D eigenvalue weighted by Crippen LogP contribution is -2.27. The third-order valence-corrected chi connectivity index (χ3v) is 3.23. The van der Waals surface area contributed by atoms with Crippen LogP contribution in [0.3, 0.4) is 0 Å². The van der Waals surface area contributed by atoms with Gasteiger partial charge in [-0.3, -0.25) is 0 Å². The third kappa shape index (κ3) is 5.91. The number of aliphatic hydroxyl groups excluding tert-OH is 1. The van der Waals surface area contributed by atoms with Gasteiger partial charge in [0.2, 0.25) is 0 Å². The molecular weight excluding hydrogens is 268 g/mol. The lowest BCUT2D eigenvalue weighted by Gasteiger charge is -2.25. The number of benzene rings is 1. The molecule has 0 heterocycles. The molecule has 0 aliphatic carbocycles. The molecule has 1 aromatic rings. The van der Waals surface area contributed by atoms with Crippen LogP contribution in [0, 0.1) is 0 Å². The topological polar surface area (TPSA) is 54.0 Å². The highest BCUT2D eigenvalue weighted by Crippen LogP contribution is 2.29. The number of hydrogen-bond acceptors (Lipinski definition) is 5. The lowest BCUT2D eigenvalue weighted by molar-refractivity contribution is 0.199. The molecule has 5 heteroatoms. The van der Waals surface area contributed by atoms with Crippen LogP contribution in [0.25, 0.3) is 0 Å². The van der Waals surface area contributed by atoms with E-state index in [0.717, 1.165) is 31.1 Å². The minimum absolute atomic E-state index is 0.139. The molecule has 1 aromatic carbocycles. The first-order chi connectivity index (χ1) is 10.3. The van der Waals surface area contributed by atoms with Crippen LogP contribution >= 0.6 is 0 Å². The van der Waals surface area contributed by atoms with E-state index in [1.54, 1.807) is 7.11 Å². The monoisotopic (exact) mass is 296 g/mol. The van der Waals surface area contributed by atoms with Gasteiger partial charge in [0.15, 0.2) is 0 Å². The minimum Gasteiger partial charge on any atom is -0.492 e. The van der Waals surface area contributed by atoms with Crippen molar-refractivity contribution in [2.75, 3.05) is 51.5 Å². The van der Waals surface area contributed by atoms with Crippen LogP contribution in [0.4, 0.5) is 5.69 Å². The predicted octanol–water partition coefficient (Wildman–Crippen LogP) is 1.64. The maximum Gasteiger partial charge on any atom is 0.142 e. The summed E-state index contributed by atoms with van der Waals surface area (Å²) in [5, 5.41) is 12.5. The summed E-state index contributed by atoms with van der Waals surface area (Å²) < 4.78 is 10.8. The van der Waals surface area contributed by atoms with E-state index < -0.39 is 0 Å². The Morgan fingerprint density at radius 2 is 2.10 bits per heavy atom. The van der Waals surface area contributed by atoms with Crippen LogP contribution in [0.5, 0.6) is 5.75 Å². The van der Waals surface area contributed by atoms with Gasteiger partial charge in [0, 0.05) is 33.3 Å². The average molecular weight is 296 g/mol. The van der Waals surface area contributed by atoms with Crippen LogP contribution in [-0.2, 0) is 11.3 Å². The van der Waals surface area contributed by atoms with E-state index in [-0.39, 0.29) is 6.61 Å². The number of ether oxygens (including phenoxy) is 2. The molecule has 0 fully saturated rings. The van der Waals surface area contributed by atoms with E-state index in [0.29, 0.717) is 19.8 Å². The summed E-state index contributed by atoms with van der Waals surface area (Å²) in [5.74, 6) is 0.874. The molecule has 0 bridgehead atoms. The van der Waals surface area contributed by atoms with Crippen molar-refractivity contribution in [2.45, 2.75) is 20.4 Å². The number of hydrogen-bond donors (Lipinski definition) is 2. The van der Waals surface area contributed by atoms with Crippen molar-refractivity contribution in [2.24, 2.45) is 0 Å². The largest absolute Gasteiger partial charge is 0.492 e. The Hall–Kier alpha value is -1.30. The number of anilines is 1. The maximum absolute atomic E-state index is 9.17. The summed E-state index contributed by atoms with van der Waals surface area (Å²) in [6.07, 6.45) is 0. The number of likely N-dealkylation sites (N-methyl/N-ethyl adjacent to an activating group) is 1. The summed E-state index contributed by atoms with van der Waals surface area (Å²) in [5.41, 5.74) is 2.22. The van der Waals surface area contributed by atoms with Crippen LogP contribution in [0.2, 0.25) is 0 Å². The molecule has 0 amide bonds. The van der Waals surface area contributed by atoms with E-state index in [4.69, 9.17) is 14.6 Å². The Bertz CT molecular complexity index is 399. The Morgan fingerprint density at radius 1 is 1.29 bits per heavy atom. The van der Waals surface area contributed by atoms with Crippen LogP contribution in [0.1, 0.15) is 19.4 Å². The summed E-state index contributed by atoms with van der Waals surface area (Å²) in [6, 6.07) is 6.23. The Labute approximate surface area is 127 Å². The fourth-order valence-electron chi connectivity index (χ4n) is 2.18. The molecule has 1 rings (SSSR count). The Balaban J connectivity index is 2.79. The second kappa shape index (κ2) is 10.4. The molecule has 0 aliphatic rings. The maximum atomic E-state index is 9.17. The van der Waals surface area contributed by atoms with Gasteiger partial charge in [0.25, 0.3) is 0 Å². The average Bonchev–Trinajstić information content (AvgIpc) is 2.50. The zero-order valence-electron chi connectivity index (χ0n) is 13.4. The molecule has 0 saturated heterocycles. The second-order valence-electron chi connectivity index (χ2n) is 4.71. The van der Waals surface area contributed by atoms with E-state index in [1.165, 1.54) is 5.56 Å². The van der Waals surface area contributed by atoms with Crippen molar-refractivity contribution >= 4 is 5.69 Å². The number of methoxy groups -OCH3 is 1. The molecular formula is C16H28N2O3. The van der Waals surface area contributed by atoms with Crippen LogP contribution in [0.15, 0.2) is 18.2 Å². The van der Waals surface area contributed by atoms with Crippen molar-refractivity contribution < 1.29 is 14.6 Å². The fraction of sp³-hybridized carbons (Fsp3) is 0.625. The molecule has 0 radical (unpaired) electrons. The molecule has 0 spiro atoms. The smallest absolute Gasteiger partial charge is 0.142 e. The van der Waals surface area contributed by atoms with Gasteiger partial charge in [-0.1, -0.05) is 6.07 Å². The van der Waals surface area contributed by atoms with Crippen molar-refractivity contribution in [3.63, 3.8) is 0 Å².